The van der Waals surface area contributed by atoms with Crippen molar-refractivity contribution in [1.82, 2.24) is 9.88 Å². The Morgan fingerprint density at radius 2 is 2.04 bits per heavy atom. The standard InChI is InChI=1S/C19H22N2O3S/c1-12-17(25-16(20-12)11-14-7-4-3-5-8-14)18(22)21-10-6-9-15(13(21)2)19(23)24/h3-5,7-8,13,15H,6,9-11H2,1-2H3,(H,23,24)/t13-,15-/m1/s1. The van der Waals surface area contributed by atoms with Crippen LogP contribution in [0.1, 0.15) is 45.7 Å². The zero-order chi connectivity index (χ0) is 18.0. The van der Waals surface area contributed by atoms with Gasteiger partial charge in [0.25, 0.3) is 5.91 Å². The van der Waals surface area contributed by atoms with Crippen LogP contribution in [0.5, 0.6) is 0 Å². The van der Waals surface area contributed by atoms with Crippen molar-refractivity contribution in [2.24, 2.45) is 5.92 Å². The lowest BCUT2D eigenvalue weighted by Crippen LogP contribution is -2.49. The number of nitrogens with zero attached hydrogens (tertiary/aromatic N) is 2. The number of aromatic nitrogens is 1. The molecule has 1 fully saturated rings. The summed E-state index contributed by atoms with van der Waals surface area (Å²) in [5.74, 6) is -1.40. The van der Waals surface area contributed by atoms with Crippen LogP contribution >= 0.6 is 11.3 Å². The van der Waals surface area contributed by atoms with Crippen LogP contribution in [-0.2, 0) is 11.2 Å². The number of carboxylic acids is 1. The number of carbonyl (C=O) groups is 2. The van der Waals surface area contributed by atoms with E-state index in [2.05, 4.69) is 4.98 Å². The summed E-state index contributed by atoms with van der Waals surface area (Å²) < 4.78 is 0. The Labute approximate surface area is 151 Å². The van der Waals surface area contributed by atoms with Gasteiger partial charge >= 0.3 is 5.97 Å². The topological polar surface area (TPSA) is 70.5 Å². The summed E-state index contributed by atoms with van der Waals surface area (Å²) in [6.07, 6.45) is 2.05. The van der Waals surface area contributed by atoms with Gasteiger partial charge in [-0.15, -0.1) is 11.3 Å². The molecule has 0 aliphatic carbocycles. The van der Waals surface area contributed by atoms with Gasteiger partial charge in [-0.25, -0.2) is 4.98 Å². The molecular weight excluding hydrogens is 336 g/mol. The number of amides is 1. The molecule has 1 N–H and O–H groups in total. The maximum absolute atomic E-state index is 13.0. The van der Waals surface area contributed by atoms with Crippen LogP contribution in [0.4, 0.5) is 0 Å². The van der Waals surface area contributed by atoms with Crippen molar-refractivity contribution >= 4 is 23.2 Å². The first kappa shape index (κ1) is 17.6. The van der Waals surface area contributed by atoms with Crippen LogP contribution in [0.2, 0.25) is 0 Å². The minimum atomic E-state index is -0.823. The average Bonchev–Trinajstić information content (AvgIpc) is 2.95. The fourth-order valence-electron chi connectivity index (χ4n) is 3.39. The molecule has 25 heavy (non-hydrogen) atoms. The van der Waals surface area contributed by atoms with Gasteiger partial charge in [0.2, 0.25) is 0 Å². The van der Waals surface area contributed by atoms with Gasteiger partial charge in [-0.05, 0) is 32.3 Å². The molecule has 0 spiro atoms. The van der Waals surface area contributed by atoms with E-state index in [-0.39, 0.29) is 11.9 Å². The van der Waals surface area contributed by atoms with Crippen LogP contribution in [0.15, 0.2) is 30.3 Å². The number of hydrogen-bond donors (Lipinski definition) is 1. The SMILES string of the molecule is Cc1nc(Cc2ccccc2)sc1C(=O)N1CCC[C@@H](C(=O)O)[C@H]1C. The number of piperidine rings is 1. The van der Waals surface area contributed by atoms with E-state index < -0.39 is 11.9 Å². The summed E-state index contributed by atoms with van der Waals surface area (Å²) in [5, 5.41) is 10.3. The van der Waals surface area contributed by atoms with E-state index in [1.807, 2.05) is 44.2 Å². The Balaban J connectivity index is 1.79. The van der Waals surface area contributed by atoms with E-state index in [9.17, 15) is 14.7 Å². The van der Waals surface area contributed by atoms with Gasteiger partial charge in [-0.1, -0.05) is 30.3 Å². The number of likely N-dealkylation sites (tertiary alicyclic amines) is 1. The summed E-state index contributed by atoms with van der Waals surface area (Å²) >= 11 is 1.42. The second-order valence-electron chi connectivity index (χ2n) is 6.51. The Hall–Kier alpha value is -2.21. The van der Waals surface area contributed by atoms with Crippen molar-refractivity contribution in [1.29, 1.82) is 0 Å². The van der Waals surface area contributed by atoms with Gasteiger partial charge < -0.3 is 10.0 Å². The van der Waals surface area contributed by atoms with Crippen molar-refractivity contribution in [2.45, 2.75) is 39.2 Å². The lowest BCUT2D eigenvalue weighted by atomic mass is 9.90. The molecule has 1 aliphatic heterocycles. The number of rotatable bonds is 4. The summed E-state index contributed by atoms with van der Waals surface area (Å²) in [4.78, 5) is 31.3. The molecule has 1 amide bonds. The first-order valence-electron chi connectivity index (χ1n) is 8.51. The van der Waals surface area contributed by atoms with Crippen molar-refractivity contribution in [3.8, 4) is 0 Å². The van der Waals surface area contributed by atoms with Crippen LogP contribution in [0.25, 0.3) is 0 Å². The zero-order valence-corrected chi connectivity index (χ0v) is 15.3. The molecule has 0 bridgehead atoms. The monoisotopic (exact) mass is 358 g/mol. The highest BCUT2D eigenvalue weighted by atomic mass is 32.1. The number of benzene rings is 1. The number of carboxylic acid groups (broad SMARTS) is 1. The highest BCUT2D eigenvalue weighted by Gasteiger charge is 2.36. The Morgan fingerprint density at radius 1 is 1.32 bits per heavy atom. The summed E-state index contributed by atoms with van der Waals surface area (Å²) in [6.45, 7) is 4.29. The van der Waals surface area contributed by atoms with Crippen molar-refractivity contribution in [3.05, 3.63) is 51.5 Å². The third-order valence-electron chi connectivity index (χ3n) is 4.80. The maximum atomic E-state index is 13.0. The Kier molecular flexibility index (Phi) is 5.18. The Bertz CT molecular complexity index is 772. The first-order chi connectivity index (χ1) is 12.0. The van der Waals surface area contributed by atoms with E-state index in [0.29, 0.717) is 24.3 Å². The van der Waals surface area contributed by atoms with E-state index in [0.717, 1.165) is 22.7 Å². The molecular formula is C19H22N2O3S. The predicted molar refractivity (Wildman–Crippen MR) is 97.0 cm³/mol. The zero-order valence-electron chi connectivity index (χ0n) is 14.4. The third-order valence-corrected chi connectivity index (χ3v) is 5.94. The molecule has 2 aromatic rings. The number of aryl methyl sites for hydroxylation is 1. The summed E-state index contributed by atoms with van der Waals surface area (Å²) in [7, 11) is 0. The van der Waals surface area contributed by atoms with Crippen LogP contribution in [0, 0.1) is 12.8 Å². The van der Waals surface area contributed by atoms with Gasteiger partial charge in [0, 0.05) is 19.0 Å². The van der Waals surface area contributed by atoms with E-state index in [1.54, 1.807) is 4.90 Å². The molecule has 6 heteroatoms. The molecule has 5 nitrogen and oxygen atoms in total. The number of carbonyl (C=O) groups excluding carboxylic acids is 1. The van der Waals surface area contributed by atoms with Gasteiger partial charge in [0.1, 0.15) is 4.88 Å². The number of aliphatic carboxylic acids is 1. The largest absolute Gasteiger partial charge is 0.481 e. The molecule has 1 saturated heterocycles. The van der Waals surface area contributed by atoms with Crippen molar-refractivity contribution < 1.29 is 14.7 Å². The second kappa shape index (κ2) is 7.35. The van der Waals surface area contributed by atoms with Crippen LogP contribution in [0.3, 0.4) is 0 Å². The first-order valence-corrected chi connectivity index (χ1v) is 9.33. The van der Waals surface area contributed by atoms with Crippen LogP contribution < -0.4 is 0 Å². The molecule has 0 unspecified atom stereocenters. The molecule has 1 aliphatic rings. The maximum Gasteiger partial charge on any atom is 0.308 e. The molecule has 0 saturated carbocycles. The highest BCUT2D eigenvalue weighted by molar-refractivity contribution is 7.13. The molecule has 1 aromatic heterocycles. The van der Waals surface area contributed by atoms with Gasteiger partial charge in [-0.3, -0.25) is 9.59 Å². The van der Waals surface area contributed by atoms with Gasteiger partial charge in [-0.2, -0.15) is 0 Å². The minimum absolute atomic E-state index is 0.0900. The molecule has 0 radical (unpaired) electrons. The Morgan fingerprint density at radius 3 is 2.72 bits per heavy atom. The fourth-order valence-corrected chi connectivity index (χ4v) is 4.44. The molecule has 2 atom stereocenters. The number of thiazole rings is 1. The normalized spacial score (nSPS) is 20.5. The van der Waals surface area contributed by atoms with E-state index in [4.69, 9.17) is 0 Å². The minimum Gasteiger partial charge on any atom is -0.481 e. The average molecular weight is 358 g/mol. The molecule has 1 aromatic carbocycles. The third kappa shape index (κ3) is 3.74. The van der Waals surface area contributed by atoms with E-state index >= 15 is 0 Å². The molecule has 2 heterocycles. The number of hydrogen-bond acceptors (Lipinski definition) is 4. The quantitative estimate of drug-likeness (QED) is 0.910. The highest BCUT2D eigenvalue weighted by Crippen LogP contribution is 2.28. The van der Waals surface area contributed by atoms with Gasteiger partial charge in [0.05, 0.1) is 16.6 Å². The lowest BCUT2D eigenvalue weighted by molar-refractivity contribution is -0.144. The predicted octanol–water partition coefficient (Wildman–Crippen LogP) is 3.37. The van der Waals surface area contributed by atoms with Crippen molar-refractivity contribution in [3.63, 3.8) is 0 Å². The summed E-state index contributed by atoms with van der Waals surface area (Å²) in [6, 6.07) is 9.75. The second-order valence-corrected chi connectivity index (χ2v) is 7.59. The van der Waals surface area contributed by atoms with Crippen molar-refractivity contribution in [2.75, 3.05) is 6.54 Å². The van der Waals surface area contributed by atoms with E-state index in [1.165, 1.54) is 11.3 Å². The molecule has 132 valence electrons. The summed E-state index contributed by atoms with van der Waals surface area (Å²) in [5.41, 5.74) is 1.89. The lowest BCUT2D eigenvalue weighted by Gasteiger charge is -2.37. The fraction of sp³-hybridized carbons (Fsp3) is 0.421. The molecule has 3 rings (SSSR count). The van der Waals surface area contributed by atoms with Gasteiger partial charge in [0.15, 0.2) is 0 Å². The van der Waals surface area contributed by atoms with Crippen LogP contribution in [-0.4, -0.2) is 39.5 Å². The smallest absolute Gasteiger partial charge is 0.308 e.